The molecule has 0 radical (unpaired) electrons. The Morgan fingerprint density at radius 1 is 0.968 bits per heavy atom. The van der Waals surface area contributed by atoms with Crippen molar-refractivity contribution in [3.63, 3.8) is 0 Å². The van der Waals surface area contributed by atoms with Crippen LogP contribution in [0.25, 0.3) is 0 Å². The van der Waals surface area contributed by atoms with E-state index in [1.165, 1.54) is 42.3 Å². The number of carbonyl (C=O) groups excluding carboxylic acids is 3. The predicted octanol–water partition coefficient (Wildman–Crippen LogP) is 2.35. The maximum Gasteiger partial charge on any atom is 0.253 e. The number of amides is 3. The third-order valence-electron chi connectivity index (χ3n) is 6.29. The summed E-state index contributed by atoms with van der Waals surface area (Å²) in [6, 6.07) is 5.54. The van der Waals surface area contributed by atoms with E-state index in [0.29, 0.717) is 23.5 Å². The van der Waals surface area contributed by atoms with Crippen LogP contribution in [0.4, 0.5) is 5.69 Å². The van der Waals surface area contributed by atoms with Gasteiger partial charge in [0.1, 0.15) is 6.54 Å². The molecule has 3 aliphatic rings. The lowest BCUT2D eigenvalue weighted by Gasteiger charge is -2.30. The molecule has 8 heteroatoms. The number of carbonyl (C=O) groups is 3. The van der Waals surface area contributed by atoms with Gasteiger partial charge in [0.25, 0.3) is 5.91 Å². The monoisotopic (exact) mass is 444 g/mol. The Morgan fingerprint density at radius 2 is 1.68 bits per heavy atom. The van der Waals surface area contributed by atoms with Gasteiger partial charge in [-0.25, -0.2) is 0 Å². The molecular weight excluding hydrogens is 412 g/mol. The van der Waals surface area contributed by atoms with Gasteiger partial charge in [-0.2, -0.15) is 0 Å². The molecule has 3 aliphatic heterocycles. The largest absolute Gasteiger partial charge is 0.353 e. The second kappa shape index (κ2) is 10.5. The zero-order valence-corrected chi connectivity index (χ0v) is 18.9. The van der Waals surface area contributed by atoms with Crippen LogP contribution in [0.15, 0.2) is 23.1 Å². The van der Waals surface area contributed by atoms with Crippen LogP contribution in [-0.2, 0) is 9.59 Å². The smallest absolute Gasteiger partial charge is 0.253 e. The van der Waals surface area contributed by atoms with E-state index < -0.39 is 0 Å². The molecule has 3 amide bonds. The molecule has 7 nitrogen and oxygen atoms in total. The number of nitrogens with zero attached hydrogens (tertiary/aromatic N) is 3. The summed E-state index contributed by atoms with van der Waals surface area (Å²) >= 11 is 1.47. The summed E-state index contributed by atoms with van der Waals surface area (Å²) in [5, 5.41) is 2.96. The van der Waals surface area contributed by atoms with Crippen molar-refractivity contribution in [2.75, 3.05) is 56.5 Å². The molecule has 3 heterocycles. The standard InChI is InChI=1S/C23H32N4O3S/c28-21(24-9-14-25-10-3-1-4-11-25)16-27-19-15-18(7-8-20(19)31-17-22(27)29)23(30)26-12-5-2-6-13-26/h7-8,15H,1-6,9-14,16-17H2,(H,24,28). The van der Waals surface area contributed by atoms with Crippen LogP contribution >= 0.6 is 11.8 Å². The highest BCUT2D eigenvalue weighted by Gasteiger charge is 2.28. The number of nitrogens with one attached hydrogen (secondary N) is 1. The second-order valence-corrected chi connectivity index (χ2v) is 9.57. The average Bonchev–Trinajstić information content (AvgIpc) is 2.81. The SMILES string of the molecule is O=C(CN1C(=O)CSc2ccc(C(=O)N3CCCCC3)cc21)NCCN1CCCCC1. The Bertz CT molecular complexity index is 819. The molecule has 2 fully saturated rings. The van der Waals surface area contributed by atoms with Crippen molar-refractivity contribution in [2.45, 2.75) is 43.4 Å². The molecule has 0 aliphatic carbocycles. The first kappa shape index (κ1) is 22.1. The molecule has 0 aromatic heterocycles. The number of piperidine rings is 2. The second-order valence-electron chi connectivity index (χ2n) is 8.56. The highest BCUT2D eigenvalue weighted by Crippen LogP contribution is 2.36. The van der Waals surface area contributed by atoms with Gasteiger partial charge in [0.15, 0.2) is 0 Å². The van der Waals surface area contributed by atoms with Gasteiger partial charge in [-0.3, -0.25) is 14.4 Å². The van der Waals surface area contributed by atoms with E-state index in [-0.39, 0.29) is 24.3 Å². The fourth-order valence-electron chi connectivity index (χ4n) is 4.52. The number of anilines is 1. The van der Waals surface area contributed by atoms with Crippen molar-refractivity contribution in [3.05, 3.63) is 23.8 Å². The third-order valence-corrected chi connectivity index (χ3v) is 7.34. The third kappa shape index (κ3) is 5.60. The van der Waals surface area contributed by atoms with Crippen molar-refractivity contribution >= 4 is 35.2 Å². The first-order chi connectivity index (χ1) is 15.1. The van der Waals surface area contributed by atoms with E-state index in [2.05, 4.69) is 10.2 Å². The van der Waals surface area contributed by atoms with Crippen molar-refractivity contribution in [1.82, 2.24) is 15.1 Å². The highest BCUT2D eigenvalue weighted by molar-refractivity contribution is 8.00. The van der Waals surface area contributed by atoms with Crippen molar-refractivity contribution in [1.29, 1.82) is 0 Å². The van der Waals surface area contributed by atoms with E-state index >= 15 is 0 Å². The topological polar surface area (TPSA) is 73.0 Å². The molecule has 4 rings (SSSR count). The Balaban J connectivity index is 1.39. The zero-order chi connectivity index (χ0) is 21.6. The fraction of sp³-hybridized carbons (Fsp3) is 0.609. The Labute approximate surface area is 188 Å². The van der Waals surface area contributed by atoms with Crippen LogP contribution in [0.3, 0.4) is 0 Å². The molecule has 0 atom stereocenters. The molecular formula is C23H32N4O3S. The average molecular weight is 445 g/mol. The molecule has 1 aromatic rings. The normalized spacial score (nSPS) is 19.8. The van der Waals surface area contributed by atoms with Gasteiger partial charge in [-0.1, -0.05) is 6.42 Å². The van der Waals surface area contributed by atoms with E-state index in [0.717, 1.165) is 50.5 Å². The summed E-state index contributed by atoms with van der Waals surface area (Å²) in [6.45, 7) is 5.20. The molecule has 0 bridgehead atoms. The maximum absolute atomic E-state index is 12.9. The van der Waals surface area contributed by atoms with Crippen molar-refractivity contribution < 1.29 is 14.4 Å². The fourth-order valence-corrected chi connectivity index (χ4v) is 5.44. The number of likely N-dealkylation sites (tertiary alicyclic amines) is 2. The summed E-state index contributed by atoms with van der Waals surface area (Å²) in [7, 11) is 0. The van der Waals surface area contributed by atoms with Gasteiger partial charge in [-0.05, 0) is 63.4 Å². The van der Waals surface area contributed by atoms with Crippen LogP contribution in [0.1, 0.15) is 48.9 Å². The number of benzene rings is 1. The Hall–Kier alpha value is -2.06. The van der Waals surface area contributed by atoms with E-state index in [1.807, 2.05) is 17.0 Å². The molecule has 0 unspecified atom stereocenters. The number of rotatable bonds is 6. The summed E-state index contributed by atoms with van der Waals surface area (Å²) < 4.78 is 0. The molecule has 0 saturated carbocycles. The molecule has 1 N–H and O–H groups in total. The quantitative estimate of drug-likeness (QED) is 0.729. The van der Waals surface area contributed by atoms with E-state index in [9.17, 15) is 14.4 Å². The Morgan fingerprint density at radius 3 is 2.42 bits per heavy atom. The highest BCUT2D eigenvalue weighted by atomic mass is 32.2. The van der Waals surface area contributed by atoms with Crippen molar-refractivity contribution in [2.24, 2.45) is 0 Å². The molecule has 168 valence electrons. The van der Waals surface area contributed by atoms with E-state index in [1.54, 1.807) is 6.07 Å². The molecule has 2 saturated heterocycles. The predicted molar refractivity (Wildman–Crippen MR) is 123 cm³/mol. The lowest BCUT2D eigenvalue weighted by molar-refractivity contribution is -0.123. The minimum Gasteiger partial charge on any atom is -0.353 e. The van der Waals surface area contributed by atoms with Crippen LogP contribution in [0.5, 0.6) is 0 Å². The first-order valence-electron chi connectivity index (χ1n) is 11.5. The van der Waals surface area contributed by atoms with Crippen LogP contribution in [0.2, 0.25) is 0 Å². The number of fused-ring (bicyclic) bond motifs is 1. The summed E-state index contributed by atoms with van der Waals surface area (Å²) in [5.74, 6) is 0.0756. The van der Waals surface area contributed by atoms with Gasteiger partial charge in [-0.15, -0.1) is 11.8 Å². The summed E-state index contributed by atoms with van der Waals surface area (Å²) in [5.41, 5.74) is 1.27. The van der Waals surface area contributed by atoms with Crippen LogP contribution in [-0.4, -0.2) is 79.1 Å². The molecule has 31 heavy (non-hydrogen) atoms. The lowest BCUT2D eigenvalue weighted by Crippen LogP contribution is -2.45. The first-order valence-corrected chi connectivity index (χ1v) is 12.5. The minimum absolute atomic E-state index is 0.00620. The number of hydrogen-bond acceptors (Lipinski definition) is 5. The van der Waals surface area contributed by atoms with Gasteiger partial charge in [0, 0.05) is 36.6 Å². The van der Waals surface area contributed by atoms with Crippen molar-refractivity contribution in [3.8, 4) is 0 Å². The zero-order valence-electron chi connectivity index (χ0n) is 18.1. The van der Waals surface area contributed by atoms with Gasteiger partial charge in [0.2, 0.25) is 11.8 Å². The summed E-state index contributed by atoms with van der Waals surface area (Å²) in [6.07, 6.45) is 6.98. The van der Waals surface area contributed by atoms with Crippen LogP contribution < -0.4 is 10.2 Å². The van der Waals surface area contributed by atoms with Gasteiger partial charge >= 0.3 is 0 Å². The van der Waals surface area contributed by atoms with Gasteiger partial charge < -0.3 is 20.0 Å². The number of hydrogen-bond donors (Lipinski definition) is 1. The Kier molecular flexibility index (Phi) is 7.50. The lowest BCUT2D eigenvalue weighted by atomic mass is 10.1. The van der Waals surface area contributed by atoms with Crippen LogP contribution in [0, 0.1) is 0 Å². The summed E-state index contributed by atoms with van der Waals surface area (Å²) in [4.78, 5) is 44.8. The van der Waals surface area contributed by atoms with E-state index in [4.69, 9.17) is 0 Å². The minimum atomic E-state index is -0.157. The van der Waals surface area contributed by atoms with Gasteiger partial charge in [0.05, 0.1) is 11.4 Å². The molecule has 1 aromatic carbocycles. The maximum atomic E-state index is 12.9. The molecule has 0 spiro atoms. The number of thioether (sulfide) groups is 1.